The van der Waals surface area contributed by atoms with E-state index in [9.17, 15) is 5.11 Å². The molecular formula is C19H26OSi. The normalized spacial score (nSPS) is 13.1. The fourth-order valence-corrected chi connectivity index (χ4v) is 6.35. The second-order valence-electron chi connectivity index (χ2n) is 6.32. The van der Waals surface area contributed by atoms with Gasteiger partial charge in [0.1, 0.15) is 0 Å². The summed E-state index contributed by atoms with van der Waals surface area (Å²) in [6.07, 6.45) is 3.19. The molecule has 0 fully saturated rings. The second-order valence-corrected chi connectivity index (χ2v) is 11.2. The Morgan fingerprint density at radius 3 is 2.00 bits per heavy atom. The van der Waals surface area contributed by atoms with Gasteiger partial charge in [-0.05, 0) is 30.4 Å². The van der Waals surface area contributed by atoms with Crippen LogP contribution in [0.15, 0.2) is 60.7 Å². The highest BCUT2D eigenvalue weighted by Crippen LogP contribution is 2.30. The van der Waals surface area contributed by atoms with Crippen LogP contribution in [0.4, 0.5) is 0 Å². The molecule has 0 spiro atoms. The first-order valence-electron chi connectivity index (χ1n) is 7.85. The van der Waals surface area contributed by atoms with Gasteiger partial charge >= 0.3 is 0 Å². The lowest BCUT2D eigenvalue weighted by atomic mass is 10.1. The van der Waals surface area contributed by atoms with Gasteiger partial charge in [0.25, 0.3) is 0 Å². The highest BCUT2D eigenvalue weighted by atomic mass is 28.3. The average Bonchev–Trinajstić information content (AvgIpc) is 2.53. The minimum absolute atomic E-state index is 0.294. The second kappa shape index (κ2) is 7.58. The molecule has 2 aromatic carbocycles. The number of benzene rings is 2. The predicted octanol–water partition coefficient (Wildman–Crippen LogP) is 3.99. The van der Waals surface area contributed by atoms with E-state index in [2.05, 4.69) is 73.8 Å². The summed E-state index contributed by atoms with van der Waals surface area (Å²) in [6, 6.07) is 21.6. The van der Waals surface area contributed by atoms with E-state index < -0.39 is 8.07 Å². The highest BCUT2D eigenvalue weighted by Gasteiger charge is 2.32. The van der Waals surface area contributed by atoms with Crippen LogP contribution in [0.5, 0.6) is 0 Å². The van der Waals surface area contributed by atoms with Crippen LogP contribution in [-0.4, -0.2) is 19.8 Å². The van der Waals surface area contributed by atoms with Gasteiger partial charge in [-0.3, -0.25) is 0 Å². The van der Waals surface area contributed by atoms with Crippen molar-refractivity contribution >= 4 is 13.3 Å². The molecule has 0 heterocycles. The fourth-order valence-electron chi connectivity index (χ4n) is 3.11. The molecule has 0 saturated heterocycles. The molecule has 0 amide bonds. The van der Waals surface area contributed by atoms with Gasteiger partial charge in [0, 0.05) is 6.61 Å². The molecule has 0 aromatic heterocycles. The van der Waals surface area contributed by atoms with E-state index in [1.54, 1.807) is 0 Å². The van der Waals surface area contributed by atoms with E-state index in [1.165, 1.54) is 17.2 Å². The van der Waals surface area contributed by atoms with Crippen molar-refractivity contribution in [1.29, 1.82) is 0 Å². The molecule has 2 rings (SSSR count). The van der Waals surface area contributed by atoms with Crippen molar-refractivity contribution in [3.63, 3.8) is 0 Å². The number of hydrogen-bond acceptors (Lipinski definition) is 1. The third kappa shape index (κ3) is 4.29. The summed E-state index contributed by atoms with van der Waals surface area (Å²) in [6.45, 7) is 5.17. The van der Waals surface area contributed by atoms with Gasteiger partial charge in [-0.15, -0.1) is 0 Å². The van der Waals surface area contributed by atoms with Crippen molar-refractivity contribution in [2.45, 2.75) is 37.9 Å². The smallest absolute Gasteiger partial charge is 0.0837 e. The van der Waals surface area contributed by atoms with Crippen LogP contribution in [-0.2, 0) is 6.42 Å². The predicted molar refractivity (Wildman–Crippen MR) is 93.8 cm³/mol. The zero-order valence-corrected chi connectivity index (χ0v) is 14.1. The van der Waals surface area contributed by atoms with E-state index in [0.717, 1.165) is 12.8 Å². The van der Waals surface area contributed by atoms with Gasteiger partial charge in [0.05, 0.1) is 8.07 Å². The number of aryl methyl sites for hydroxylation is 1. The molecule has 1 N–H and O–H groups in total. The van der Waals surface area contributed by atoms with Crippen LogP contribution < -0.4 is 5.19 Å². The lowest BCUT2D eigenvalue weighted by molar-refractivity contribution is 0.282. The molecule has 21 heavy (non-hydrogen) atoms. The summed E-state index contributed by atoms with van der Waals surface area (Å²) in [5, 5.41) is 11.0. The summed E-state index contributed by atoms with van der Waals surface area (Å²) in [7, 11) is -1.54. The Morgan fingerprint density at radius 1 is 0.857 bits per heavy atom. The minimum atomic E-state index is -1.54. The molecule has 0 aliphatic heterocycles. The van der Waals surface area contributed by atoms with Crippen LogP contribution in [0.3, 0.4) is 0 Å². The van der Waals surface area contributed by atoms with Gasteiger partial charge in [-0.25, -0.2) is 0 Å². The molecule has 0 radical (unpaired) electrons. The summed E-state index contributed by atoms with van der Waals surface area (Å²) in [5.74, 6) is 0. The lowest BCUT2D eigenvalue weighted by Gasteiger charge is -2.33. The van der Waals surface area contributed by atoms with Crippen molar-refractivity contribution in [2.24, 2.45) is 0 Å². The number of aliphatic hydroxyl groups is 1. The SMILES string of the molecule is C[Si](C)(c1ccccc1)[C@H](CCO)CCc1ccccc1. The Balaban J connectivity index is 2.10. The molecular weight excluding hydrogens is 272 g/mol. The van der Waals surface area contributed by atoms with Crippen LogP contribution in [0, 0.1) is 0 Å². The number of rotatable bonds is 7. The third-order valence-corrected chi connectivity index (χ3v) is 9.08. The zero-order valence-electron chi connectivity index (χ0n) is 13.1. The largest absolute Gasteiger partial charge is 0.396 e. The minimum Gasteiger partial charge on any atom is -0.396 e. The van der Waals surface area contributed by atoms with Gasteiger partial charge in [0.15, 0.2) is 0 Å². The average molecular weight is 299 g/mol. The standard InChI is InChI=1S/C19H26OSi/c1-21(2,18-11-7-4-8-12-18)19(15-16-20)14-13-17-9-5-3-6-10-17/h3-12,19-20H,13-16H2,1-2H3/t19-/m0/s1. The van der Waals surface area contributed by atoms with Crippen molar-refractivity contribution < 1.29 is 5.11 Å². The summed E-state index contributed by atoms with van der Waals surface area (Å²) in [5.41, 5.74) is 2.02. The topological polar surface area (TPSA) is 20.2 Å². The van der Waals surface area contributed by atoms with Crippen LogP contribution in [0.25, 0.3) is 0 Å². The zero-order chi connectivity index (χ0) is 15.1. The van der Waals surface area contributed by atoms with E-state index >= 15 is 0 Å². The third-order valence-electron chi connectivity index (χ3n) is 4.64. The van der Waals surface area contributed by atoms with Gasteiger partial charge in [0.2, 0.25) is 0 Å². The quantitative estimate of drug-likeness (QED) is 0.766. The maximum Gasteiger partial charge on any atom is 0.0837 e. The first-order chi connectivity index (χ1) is 10.1. The monoisotopic (exact) mass is 298 g/mol. The fraction of sp³-hybridized carbons (Fsp3) is 0.368. The van der Waals surface area contributed by atoms with Crippen molar-refractivity contribution in [2.75, 3.05) is 6.61 Å². The number of hydrogen-bond donors (Lipinski definition) is 1. The van der Waals surface area contributed by atoms with Gasteiger partial charge in [-0.1, -0.05) is 78.9 Å². The summed E-state index contributed by atoms with van der Waals surface area (Å²) < 4.78 is 0. The molecule has 0 unspecified atom stereocenters. The lowest BCUT2D eigenvalue weighted by Crippen LogP contribution is -2.46. The van der Waals surface area contributed by atoms with Crippen molar-refractivity contribution in [3.05, 3.63) is 66.2 Å². The molecule has 0 saturated carbocycles. The Morgan fingerprint density at radius 2 is 1.43 bits per heavy atom. The molecule has 0 aliphatic rings. The highest BCUT2D eigenvalue weighted by molar-refractivity contribution is 6.91. The van der Waals surface area contributed by atoms with Crippen LogP contribution in [0.1, 0.15) is 18.4 Å². The summed E-state index contributed by atoms with van der Waals surface area (Å²) in [4.78, 5) is 0. The Hall–Kier alpha value is -1.38. The van der Waals surface area contributed by atoms with Gasteiger partial charge < -0.3 is 5.11 Å². The molecule has 2 aromatic rings. The van der Waals surface area contributed by atoms with Crippen molar-refractivity contribution in [1.82, 2.24) is 0 Å². The first-order valence-corrected chi connectivity index (χ1v) is 10.9. The molecule has 1 atom stereocenters. The van der Waals surface area contributed by atoms with Crippen LogP contribution >= 0.6 is 0 Å². The Bertz CT molecular complexity index is 522. The molecule has 0 bridgehead atoms. The maximum atomic E-state index is 9.47. The van der Waals surface area contributed by atoms with Crippen molar-refractivity contribution in [3.8, 4) is 0 Å². The molecule has 1 nitrogen and oxygen atoms in total. The summed E-state index contributed by atoms with van der Waals surface area (Å²) >= 11 is 0. The molecule has 112 valence electrons. The Kier molecular flexibility index (Phi) is 5.77. The van der Waals surface area contributed by atoms with Gasteiger partial charge in [-0.2, -0.15) is 0 Å². The Labute approximate surface area is 129 Å². The van der Waals surface area contributed by atoms with E-state index in [4.69, 9.17) is 0 Å². The maximum absolute atomic E-state index is 9.47. The van der Waals surface area contributed by atoms with Crippen LogP contribution in [0.2, 0.25) is 18.6 Å². The molecule has 0 aliphatic carbocycles. The van der Waals surface area contributed by atoms with E-state index in [-0.39, 0.29) is 0 Å². The van der Waals surface area contributed by atoms with E-state index in [1.807, 2.05) is 0 Å². The first kappa shape index (κ1) is 16.0. The van der Waals surface area contributed by atoms with E-state index in [0.29, 0.717) is 12.1 Å². The molecule has 2 heteroatoms. The number of aliphatic hydroxyl groups excluding tert-OH is 1.